The maximum atomic E-state index is 11.8. The SMILES string of the molecule is CN(C)c1ccc(N=CCC(=O)c2cccs2)cc1. The topological polar surface area (TPSA) is 32.7 Å². The maximum absolute atomic E-state index is 11.8. The number of rotatable bonds is 5. The Bertz CT molecular complexity index is 556. The molecule has 0 aliphatic rings. The van der Waals surface area contributed by atoms with E-state index < -0.39 is 0 Å². The summed E-state index contributed by atoms with van der Waals surface area (Å²) in [5.74, 6) is 0.115. The molecule has 19 heavy (non-hydrogen) atoms. The summed E-state index contributed by atoms with van der Waals surface area (Å²) in [5.41, 5.74) is 2.00. The molecule has 2 rings (SSSR count). The second kappa shape index (κ2) is 6.29. The van der Waals surface area contributed by atoms with Crippen LogP contribution in [0.2, 0.25) is 0 Å². The number of hydrogen-bond donors (Lipinski definition) is 0. The molecule has 0 aliphatic heterocycles. The molecule has 1 aromatic heterocycles. The van der Waals surface area contributed by atoms with E-state index in [-0.39, 0.29) is 5.78 Å². The Morgan fingerprint density at radius 1 is 1.26 bits per heavy atom. The van der Waals surface area contributed by atoms with E-state index >= 15 is 0 Å². The summed E-state index contributed by atoms with van der Waals surface area (Å²) in [7, 11) is 4.00. The van der Waals surface area contributed by atoms with Crippen molar-refractivity contribution in [2.24, 2.45) is 4.99 Å². The number of thiophene rings is 1. The zero-order valence-corrected chi connectivity index (χ0v) is 11.9. The fourth-order valence-electron chi connectivity index (χ4n) is 1.61. The van der Waals surface area contributed by atoms with Gasteiger partial charge in [-0.15, -0.1) is 11.3 Å². The van der Waals surface area contributed by atoms with E-state index in [1.165, 1.54) is 11.3 Å². The van der Waals surface area contributed by atoms with Crippen LogP contribution in [0.1, 0.15) is 16.1 Å². The van der Waals surface area contributed by atoms with Gasteiger partial charge in [0, 0.05) is 32.4 Å². The van der Waals surface area contributed by atoms with Gasteiger partial charge in [0.1, 0.15) is 0 Å². The predicted octanol–water partition coefficient (Wildman–Crippen LogP) is 3.79. The first kappa shape index (κ1) is 13.5. The van der Waals surface area contributed by atoms with Crippen molar-refractivity contribution in [3.05, 3.63) is 46.7 Å². The molecule has 0 aliphatic carbocycles. The van der Waals surface area contributed by atoms with Crippen LogP contribution in [-0.2, 0) is 0 Å². The fraction of sp³-hybridized carbons (Fsp3) is 0.200. The van der Waals surface area contributed by atoms with Crippen LogP contribution in [0.3, 0.4) is 0 Å². The fourth-order valence-corrected chi connectivity index (χ4v) is 2.28. The van der Waals surface area contributed by atoms with E-state index in [2.05, 4.69) is 4.99 Å². The van der Waals surface area contributed by atoms with Gasteiger partial charge >= 0.3 is 0 Å². The van der Waals surface area contributed by atoms with Gasteiger partial charge in [-0.3, -0.25) is 9.79 Å². The highest BCUT2D eigenvalue weighted by Crippen LogP contribution is 2.18. The third kappa shape index (κ3) is 3.76. The van der Waals surface area contributed by atoms with Crippen LogP contribution in [0.15, 0.2) is 46.8 Å². The van der Waals surface area contributed by atoms with Crippen LogP contribution in [0.25, 0.3) is 0 Å². The Hall–Kier alpha value is -1.94. The third-order valence-electron chi connectivity index (χ3n) is 2.68. The molecule has 3 nitrogen and oxygen atoms in total. The van der Waals surface area contributed by atoms with E-state index in [4.69, 9.17) is 0 Å². The van der Waals surface area contributed by atoms with Crippen molar-refractivity contribution >= 4 is 34.7 Å². The van der Waals surface area contributed by atoms with Gasteiger partial charge in [-0.25, -0.2) is 0 Å². The van der Waals surface area contributed by atoms with Crippen LogP contribution in [0.5, 0.6) is 0 Å². The highest BCUT2D eigenvalue weighted by atomic mass is 32.1. The lowest BCUT2D eigenvalue weighted by atomic mass is 10.2. The minimum absolute atomic E-state index is 0.115. The molecule has 0 bridgehead atoms. The second-order valence-corrected chi connectivity index (χ2v) is 5.27. The molecule has 0 spiro atoms. The molecule has 0 atom stereocenters. The van der Waals surface area contributed by atoms with E-state index in [9.17, 15) is 4.79 Å². The average molecular weight is 272 g/mol. The predicted molar refractivity (Wildman–Crippen MR) is 82.2 cm³/mol. The number of carbonyl (C=O) groups is 1. The van der Waals surface area contributed by atoms with Gasteiger partial charge in [-0.05, 0) is 35.7 Å². The lowest BCUT2D eigenvalue weighted by Crippen LogP contribution is -2.07. The molecule has 0 amide bonds. The molecule has 0 radical (unpaired) electrons. The first-order valence-corrected chi connectivity index (χ1v) is 6.91. The van der Waals surface area contributed by atoms with Crippen molar-refractivity contribution in [3.63, 3.8) is 0 Å². The van der Waals surface area contributed by atoms with Crippen molar-refractivity contribution in [1.29, 1.82) is 0 Å². The molecule has 0 saturated carbocycles. The second-order valence-electron chi connectivity index (χ2n) is 4.33. The van der Waals surface area contributed by atoms with Gasteiger partial charge < -0.3 is 4.90 Å². The summed E-state index contributed by atoms with van der Waals surface area (Å²) in [5, 5.41) is 1.91. The number of nitrogens with zero attached hydrogens (tertiary/aromatic N) is 2. The average Bonchev–Trinajstić information content (AvgIpc) is 2.93. The van der Waals surface area contributed by atoms with Crippen molar-refractivity contribution in [2.45, 2.75) is 6.42 Å². The van der Waals surface area contributed by atoms with Crippen molar-refractivity contribution < 1.29 is 4.79 Å². The number of carbonyl (C=O) groups excluding carboxylic acids is 1. The van der Waals surface area contributed by atoms with Crippen LogP contribution in [-0.4, -0.2) is 26.1 Å². The Labute approximate surface area is 117 Å². The van der Waals surface area contributed by atoms with Gasteiger partial charge in [-0.2, -0.15) is 0 Å². The highest BCUT2D eigenvalue weighted by Gasteiger charge is 2.03. The standard InChI is InChI=1S/C15H16N2OS/c1-17(2)13-7-5-12(6-8-13)16-10-9-14(18)15-4-3-11-19-15/h3-8,10-11H,9H2,1-2H3. The Balaban J connectivity index is 1.94. The molecular weight excluding hydrogens is 256 g/mol. The quantitative estimate of drug-likeness (QED) is 0.613. The van der Waals surface area contributed by atoms with E-state index in [1.807, 2.05) is 60.8 Å². The first-order valence-electron chi connectivity index (χ1n) is 6.03. The van der Waals surface area contributed by atoms with E-state index in [0.717, 1.165) is 16.3 Å². The Morgan fingerprint density at radius 3 is 2.58 bits per heavy atom. The third-order valence-corrected chi connectivity index (χ3v) is 3.59. The van der Waals surface area contributed by atoms with Crippen molar-refractivity contribution in [2.75, 3.05) is 19.0 Å². The van der Waals surface area contributed by atoms with Crippen LogP contribution >= 0.6 is 11.3 Å². The molecule has 0 fully saturated rings. The monoisotopic (exact) mass is 272 g/mol. The molecule has 98 valence electrons. The smallest absolute Gasteiger partial charge is 0.178 e. The molecule has 0 N–H and O–H groups in total. The van der Waals surface area contributed by atoms with Gasteiger partial charge in [0.2, 0.25) is 0 Å². The molecule has 0 saturated heterocycles. The van der Waals surface area contributed by atoms with Gasteiger partial charge in [0.05, 0.1) is 10.6 Å². The number of benzene rings is 1. The minimum atomic E-state index is 0.115. The van der Waals surface area contributed by atoms with Crippen molar-refractivity contribution in [1.82, 2.24) is 0 Å². The van der Waals surface area contributed by atoms with E-state index in [1.54, 1.807) is 6.21 Å². The molecule has 1 aromatic carbocycles. The minimum Gasteiger partial charge on any atom is -0.378 e. The van der Waals surface area contributed by atoms with Crippen LogP contribution < -0.4 is 4.90 Å². The summed E-state index contributed by atoms with van der Waals surface area (Å²) >= 11 is 1.47. The molecular formula is C15H16N2OS. The lowest BCUT2D eigenvalue weighted by molar-refractivity contribution is 0.101. The number of hydrogen-bond acceptors (Lipinski definition) is 4. The Kier molecular flexibility index (Phi) is 4.47. The van der Waals surface area contributed by atoms with Gasteiger partial charge in [-0.1, -0.05) is 6.07 Å². The molecule has 4 heteroatoms. The van der Waals surface area contributed by atoms with Crippen LogP contribution in [0.4, 0.5) is 11.4 Å². The number of Topliss-reactive ketones (excluding diaryl/α,β-unsaturated/α-hetero) is 1. The highest BCUT2D eigenvalue weighted by molar-refractivity contribution is 7.12. The van der Waals surface area contributed by atoms with Gasteiger partial charge in [0.25, 0.3) is 0 Å². The summed E-state index contributed by atoms with van der Waals surface area (Å²) in [6, 6.07) is 11.6. The first-order chi connectivity index (χ1) is 9.16. The zero-order chi connectivity index (χ0) is 13.7. The lowest BCUT2D eigenvalue weighted by Gasteiger charge is -2.11. The van der Waals surface area contributed by atoms with Crippen molar-refractivity contribution in [3.8, 4) is 0 Å². The number of aliphatic imine (C=N–C) groups is 1. The van der Waals surface area contributed by atoms with E-state index in [0.29, 0.717) is 6.42 Å². The number of anilines is 1. The molecule has 1 heterocycles. The molecule has 2 aromatic rings. The summed E-state index contributed by atoms with van der Waals surface area (Å²) < 4.78 is 0. The summed E-state index contributed by atoms with van der Waals surface area (Å²) in [6.07, 6.45) is 2.02. The zero-order valence-electron chi connectivity index (χ0n) is 11.0. The molecule has 0 unspecified atom stereocenters. The van der Waals surface area contributed by atoms with Gasteiger partial charge in [0.15, 0.2) is 5.78 Å². The largest absolute Gasteiger partial charge is 0.378 e. The Morgan fingerprint density at radius 2 is 2.00 bits per heavy atom. The maximum Gasteiger partial charge on any atom is 0.178 e. The van der Waals surface area contributed by atoms with Crippen LogP contribution in [0, 0.1) is 0 Å². The summed E-state index contributed by atoms with van der Waals surface area (Å²) in [6.45, 7) is 0. The summed E-state index contributed by atoms with van der Waals surface area (Å²) in [4.78, 5) is 18.9. The normalized spacial score (nSPS) is 10.8. The number of ketones is 1.